The first-order valence-electron chi connectivity index (χ1n) is 14.8. The Morgan fingerprint density at radius 3 is 2.49 bits per heavy atom. The number of nitrogens with two attached hydrogens (primary N) is 1. The molecule has 43 heavy (non-hydrogen) atoms. The zero-order chi connectivity index (χ0) is 30.9. The number of aliphatic hydroxyl groups excluding tert-OH is 1. The first-order chi connectivity index (χ1) is 20.4. The van der Waals surface area contributed by atoms with Crippen LogP contribution in [0.25, 0.3) is 0 Å². The molecule has 236 valence electrons. The number of esters is 1. The van der Waals surface area contributed by atoms with Crippen LogP contribution in [0, 0.1) is 41.2 Å². The van der Waals surface area contributed by atoms with Gasteiger partial charge in [0.05, 0.1) is 30.6 Å². The highest BCUT2D eigenvalue weighted by Gasteiger charge is 2.54. The van der Waals surface area contributed by atoms with Crippen LogP contribution in [0.5, 0.6) is 0 Å². The number of carbonyl (C=O) groups is 1. The Labute approximate surface area is 251 Å². The number of nitrogen functional groups attached to an aromatic ring is 1. The molecule has 1 saturated carbocycles. The molecule has 5 rings (SSSR count). The fourth-order valence-corrected chi connectivity index (χ4v) is 8.41. The van der Waals surface area contributed by atoms with Crippen LogP contribution < -0.4 is 5.73 Å². The van der Waals surface area contributed by atoms with Gasteiger partial charge in [0, 0.05) is 42.6 Å². The Morgan fingerprint density at radius 1 is 1.12 bits per heavy atom. The molecule has 1 aliphatic carbocycles. The molecule has 2 aromatic carbocycles. The molecule has 3 N–H and O–H groups in total. The van der Waals surface area contributed by atoms with E-state index in [2.05, 4.69) is 0 Å². The van der Waals surface area contributed by atoms with Gasteiger partial charge in [-0.15, -0.1) is 0 Å². The Morgan fingerprint density at radius 2 is 1.81 bits per heavy atom. The molecule has 7 atom stereocenters. The zero-order valence-electron chi connectivity index (χ0n) is 24.4. The van der Waals surface area contributed by atoms with Gasteiger partial charge in [0.1, 0.15) is 17.7 Å². The first-order valence-corrected chi connectivity index (χ1v) is 16.3. The first kappa shape index (κ1) is 31.8. The topological polar surface area (TPSA) is 128 Å². The van der Waals surface area contributed by atoms with Crippen molar-refractivity contribution in [3.63, 3.8) is 0 Å². The van der Waals surface area contributed by atoms with Crippen molar-refractivity contribution >= 4 is 21.7 Å². The lowest BCUT2D eigenvalue weighted by Crippen LogP contribution is -2.43. The second-order valence-electron chi connectivity index (χ2n) is 12.4. The van der Waals surface area contributed by atoms with E-state index >= 15 is 0 Å². The minimum Gasteiger partial charge on any atom is -0.462 e. The monoisotopic (exact) mass is 622 g/mol. The van der Waals surface area contributed by atoms with Crippen LogP contribution in [0.1, 0.15) is 38.7 Å². The molecule has 0 spiro atoms. The summed E-state index contributed by atoms with van der Waals surface area (Å²) >= 11 is 0. The predicted octanol–water partition coefficient (Wildman–Crippen LogP) is 3.74. The molecule has 3 aliphatic rings. The Bertz CT molecular complexity index is 1370. The fourth-order valence-electron chi connectivity index (χ4n) is 6.79. The third-order valence-electron chi connectivity index (χ3n) is 8.73. The molecule has 2 heterocycles. The molecule has 2 aliphatic heterocycles. The highest BCUT2D eigenvalue weighted by molar-refractivity contribution is 7.89. The maximum atomic E-state index is 14.1. The number of hydrogen-bond acceptors (Lipinski definition) is 8. The van der Waals surface area contributed by atoms with E-state index in [1.165, 1.54) is 28.6 Å². The lowest BCUT2D eigenvalue weighted by Gasteiger charge is -2.33. The van der Waals surface area contributed by atoms with Gasteiger partial charge >= 0.3 is 5.97 Å². The summed E-state index contributed by atoms with van der Waals surface area (Å²) in [6.07, 6.45) is -0.848. The average Bonchev–Trinajstić information content (AvgIpc) is 3.50. The van der Waals surface area contributed by atoms with Crippen molar-refractivity contribution in [2.24, 2.45) is 29.6 Å². The Balaban J connectivity index is 1.35. The number of benzene rings is 2. The van der Waals surface area contributed by atoms with Gasteiger partial charge in [-0.25, -0.2) is 17.2 Å². The van der Waals surface area contributed by atoms with Gasteiger partial charge in [0.15, 0.2) is 6.29 Å². The zero-order valence-corrected chi connectivity index (χ0v) is 25.2. The van der Waals surface area contributed by atoms with Gasteiger partial charge < -0.3 is 25.1 Å². The number of sulfonamides is 1. The summed E-state index contributed by atoms with van der Waals surface area (Å²) in [6, 6.07) is 8.80. The predicted molar refractivity (Wildman–Crippen MR) is 154 cm³/mol. The van der Waals surface area contributed by atoms with Crippen LogP contribution >= 0.6 is 0 Å². The summed E-state index contributed by atoms with van der Waals surface area (Å²) in [7, 11) is -4.04. The van der Waals surface area contributed by atoms with E-state index in [1.54, 1.807) is 0 Å². The minimum atomic E-state index is -4.04. The summed E-state index contributed by atoms with van der Waals surface area (Å²) in [5.41, 5.74) is 6.39. The summed E-state index contributed by atoms with van der Waals surface area (Å²) in [6.45, 7) is 4.56. The Hall–Kier alpha value is -2.64. The van der Waals surface area contributed by atoms with Crippen molar-refractivity contribution in [3.05, 3.63) is 59.7 Å². The third-order valence-corrected chi connectivity index (χ3v) is 10.6. The molecule has 0 bridgehead atoms. The second kappa shape index (κ2) is 13.2. The van der Waals surface area contributed by atoms with Gasteiger partial charge in [0.2, 0.25) is 10.0 Å². The normalized spacial score (nSPS) is 26.4. The van der Waals surface area contributed by atoms with Gasteiger partial charge in [-0.05, 0) is 73.1 Å². The van der Waals surface area contributed by atoms with Crippen molar-refractivity contribution in [1.82, 2.24) is 4.31 Å². The summed E-state index contributed by atoms with van der Waals surface area (Å²) in [4.78, 5) is 13.4. The molecule has 2 saturated heterocycles. The largest absolute Gasteiger partial charge is 0.462 e. The highest BCUT2D eigenvalue weighted by Crippen LogP contribution is 2.50. The fraction of sp³-hybridized carbons (Fsp3) is 0.581. The summed E-state index contributed by atoms with van der Waals surface area (Å²) in [5.74, 6) is -2.55. The van der Waals surface area contributed by atoms with E-state index in [0.29, 0.717) is 25.3 Å². The van der Waals surface area contributed by atoms with Crippen molar-refractivity contribution in [3.8, 4) is 0 Å². The lowest BCUT2D eigenvalue weighted by molar-refractivity contribution is -0.182. The maximum Gasteiger partial charge on any atom is 0.306 e. The Kier molecular flexibility index (Phi) is 9.72. The van der Waals surface area contributed by atoms with E-state index in [4.69, 9.17) is 19.9 Å². The SMILES string of the molecule is CC(C)CN(C[C@@H](O)C(CC(=O)O[C@H]1CC2CO[C@H]3OCCC1[C@@H]23)Cc1cc(F)cc(F)c1)S(=O)(=O)c1ccc(N)cc1. The molecule has 0 amide bonds. The van der Waals surface area contributed by atoms with Gasteiger partial charge in [-0.1, -0.05) is 13.8 Å². The van der Waals surface area contributed by atoms with Crippen LogP contribution in [0.3, 0.4) is 0 Å². The van der Waals surface area contributed by atoms with E-state index in [0.717, 1.165) is 24.6 Å². The van der Waals surface area contributed by atoms with E-state index < -0.39 is 39.6 Å². The number of halogens is 2. The van der Waals surface area contributed by atoms with Crippen LogP contribution in [-0.2, 0) is 35.4 Å². The molecule has 0 radical (unpaired) electrons. The molecule has 12 heteroatoms. The van der Waals surface area contributed by atoms with Crippen molar-refractivity contribution in [2.45, 2.75) is 62.9 Å². The van der Waals surface area contributed by atoms with Crippen molar-refractivity contribution < 1.29 is 41.3 Å². The lowest BCUT2D eigenvalue weighted by atomic mass is 9.86. The quantitative estimate of drug-likeness (QED) is 0.271. The van der Waals surface area contributed by atoms with Crippen LogP contribution in [-0.4, -0.2) is 68.6 Å². The van der Waals surface area contributed by atoms with E-state index in [-0.39, 0.29) is 72.5 Å². The summed E-state index contributed by atoms with van der Waals surface area (Å²) < 4.78 is 73.9. The molecular weight excluding hydrogens is 582 g/mol. The van der Waals surface area contributed by atoms with Crippen LogP contribution in [0.2, 0.25) is 0 Å². The average molecular weight is 623 g/mol. The molecule has 0 aromatic heterocycles. The molecule has 3 unspecified atom stereocenters. The number of rotatable bonds is 12. The number of nitrogens with zero attached hydrogens (tertiary/aromatic N) is 1. The van der Waals surface area contributed by atoms with Crippen molar-refractivity contribution in [2.75, 3.05) is 32.0 Å². The maximum absolute atomic E-state index is 14.1. The van der Waals surface area contributed by atoms with Crippen LogP contribution in [0.4, 0.5) is 14.5 Å². The number of ether oxygens (including phenoxy) is 3. The van der Waals surface area contributed by atoms with E-state index in [1.807, 2.05) is 13.8 Å². The van der Waals surface area contributed by atoms with Crippen molar-refractivity contribution in [1.29, 1.82) is 0 Å². The van der Waals surface area contributed by atoms with Gasteiger partial charge in [-0.3, -0.25) is 4.79 Å². The molecule has 3 fully saturated rings. The minimum absolute atomic E-state index is 0.0169. The number of carbonyl (C=O) groups excluding carboxylic acids is 1. The third kappa shape index (κ3) is 7.37. The number of aliphatic hydroxyl groups is 1. The van der Waals surface area contributed by atoms with Gasteiger partial charge in [0.25, 0.3) is 0 Å². The van der Waals surface area contributed by atoms with Crippen LogP contribution in [0.15, 0.2) is 47.4 Å². The standard InChI is InChI=1S/C31H40F2N2O7S/c1-18(2)15-35(43(38,39)25-5-3-24(34)4-6-25)16-27(36)20(9-19-10-22(32)14-23(33)11-19)13-29(37)42-28-12-21-17-41-31-30(21)26(28)7-8-40-31/h3-6,10-11,14,18,20-21,26-28,30-31,36H,7-9,12-13,15-17,34H2,1-2H3/t20?,21?,26?,27-,28+,30-,31-/m1/s1. The molecular formula is C31H40F2N2O7S. The summed E-state index contributed by atoms with van der Waals surface area (Å²) in [5, 5.41) is 11.5. The second-order valence-corrected chi connectivity index (χ2v) is 14.4. The molecule has 2 aromatic rings. The highest BCUT2D eigenvalue weighted by atomic mass is 32.2. The molecule has 9 nitrogen and oxygen atoms in total. The van der Waals surface area contributed by atoms with E-state index in [9.17, 15) is 27.1 Å². The van der Waals surface area contributed by atoms with Gasteiger partial charge in [-0.2, -0.15) is 4.31 Å². The smallest absolute Gasteiger partial charge is 0.306 e. The number of anilines is 1. The number of hydrogen-bond donors (Lipinski definition) is 2.